The molecule has 21 heavy (non-hydrogen) atoms. The second kappa shape index (κ2) is 6.43. The van der Waals surface area contributed by atoms with Gasteiger partial charge in [-0.2, -0.15) is 0 Å². The van der Waals surface area contributed by atoms with E-state index in [2.05, 4.69) is 10.5 Å². The standard InChI is InChI=1S/C16H20N2O3/c1-5-14(16(19)17-15-9-12(4)21-18-15)20-13-7-6-10(2)11(3)8-13/h6-9,14H,5H2,1-4H3,(H,17,18,19)/t14-/m1/s1. The van der Waals surface area contributed by atoms with Crippen LogP contribution in [0.4, 0.5) is 5.82 Å². The molecule has 1 atom stereocenters. The molecule has 2 rings (SSSR count). The zero-order valence-electron chi connectivity index (χ0n) is 12.8. The lowest BCUT2D eigenvalue weighted by Crippen LogP contribution is -2.32. The van der Waals surface area contributed by atoms with E-state index in [0.717, 1.165) is 5.56 Å². The van der Waals surface area contributed by atoms with Crippen LogP contribution in [0.5, 0.6) is 5.75 Å². The molecular weight excluding hydrogens is 268 g/mol. The van der Waals surface area contributed by atoms with Gasteiger partial charge >= 0.3 is 0 Å². The van der Waals surface area contributed by atoms with E-state index >= 15 is 0 Å². The highest BCUT2D eigenvalue weighted by molar-refractivity contribution is 5.93. The Morgan fingerprint density at radius 1 is 1.29 bits per heavy atom. The maximum Gasteiger partial charge on any atom is 0.266 e. The van der Waals surface area contributed by atoms with Crippen molar-refractivity contribution >= 4 is 11.7 Å². The summed E-state index contributed by atoms with van der Waals surface area (Å²) in [5, 5.41) is 6.43. The van der Waals surface area contributed by atoms with Crippen LogP contribution < -0.4 is 10.1 Å². The van der Waals surface area contributed by atoms with Gasteiger partial charge in [-0.15, -0.1) is 0 Å². The second-order valence-corrected chi connectivity index (χ2v) is 5.07. The van der Waals surface area contributed by atoms with Crippen molar-refractivity contribution in [2.45, 2.75) is 40.2 Å². The van der Waals surface area contributed by atoms with Gasteiger partial charge in [-0.3, -0.25) is 4.79 Å². The summed E-state index contributed by atoms with van der Waals surface area (Å²) in [5.74, 6) is 1.51. The van der Waals surface area contributed by atoms with Gasteiger partial charge in [-0.25, -0.2) is 0 Å². The van der Waals surface area contributed by atoms with E-state index in [1.807, 2.05) is 39.0 Å². The molecule has 0 saturated heterocycles. The minimum absolute atomic E-state index is 0.232. The predicted molar refractivity (Wildman–Crippen MR) is 80.5 cm³/mol. The number of carbonyl (C=O) groups excluding carboxylic acids is 1. The van der Waals surface area contributed by atoms with E-state index < -0.39 is 6.10 Å². The van der Waals surface area contributed by atoms with Crippen molar-refractivity contribution in [3.63, 3.8) is 0 Å². The highest BCUT2D eigenvalue weighted by Gasteiger charge is 2.19. The Labute approximate surface area is 124 Å². The molecule has 0 spiro atoms. The Bertz CT molecular complexity index is 634. The molecule has 0 saturated carbocycles. The summed E-state index contributed by atoms with van der Waals surface area (Å²) < 4.78 is 10.7. The maximum absolute atomic E-state index is 12.2. The van der Waals surface area contributed by atoms with Gasteiger partial charge in [0, 0.05) is 6.07 Å². The number of amides is 1. The summed E-state index contributed by atoms with van der Waals surface area (Å²) in [6, 6.07) is 7.46. The number of benzene rings is 1. The molecule has 0 aliphatic rings. The number of rotatable bonds is 5. The van der Waals surface area contributed by atoms with Crippen LogP contribution >= 0.6 is 0 Å². The number of aryl methyl sites for hydroxylation is 3. The quantitative estimate of drug-likeness (QED) is 0.915. The smallest absolute Gasteiger partial charge is 0.266 e. The fourth-order valence-electron chi connectivity index (χ4n) is 1.91. The highest BCUT2D eigenvalue weighted by Crippen LogP contribution is 2.19. The SMILES string of the molecule is CC[C@@H](Oc1ccc(C)c(C)c1)C(=O)Nc1cc(C)on1. The summed E-state index contributed by atoms with van der Waals surface area (Å²) in [7, 11) is 0. The van der Waals surface area contributed by atoms with E-state index in [0.29, 0.717) is 23.7 Å². The summed E-state index contributed by atoms with van der Waals surface area (Å²) in [4.78, 5) is 12.2. The average molecular weight is 288 g/mol. The van der Waals surface area contributed by atoms with E-state index in [1.165, 1.54) is 5.56 Å². The molecule has 5 nitrogen and oxygen atoms in total. The molecule has 0 bridgehead atoms. The van der Waals surface area contributed by atoms with Gasteiger partial charge in [0.25, 0.3) is 5.91 Å². The second-order valence-electron chi connectivity index (χ2n) is 5.07. The van der Waals surface area contributed by atoms with Gasteiger partial charge in [0.05, 0.1) is 0 Å². The summed E-state index contributed by atoms with van der Waals surface area (Å²) >= 11 is 0. The third-order valence-electron chi connectivity index (χ3n) is 3.30. The van der Waals surface area contributed by atoms with E-state index in [4.69, 9.17) is 9.26 Å². The van der Waals surface area contributed by atoms with E-state index in [1.54, 1.807) is 13.0 Å². The number of carbonyl (C=O) groups is 1. The van der Waals surface area contributed by atoms with Crippen molar-refractivity contribution in [2.24, 2.45) is 0 Å². The van der Waals surface area contributed by atoms with Crippen LogP contribution in [0.2, 0.25) is 0 Å². The van der Waals surface area contributed by atoms with Crippen LogP contribution in [0.15, 0.2) is 28.8 Å². The van der Waals surface area contributed by atoms with Crippen molar-refractivity contribution in [3.8, 4) is 5.75 Å². The fraction of sp³-hybridized carbons (Fsp3) is 0.375. The number of nitrogens with zero attached hydrogens (tertiary/aromatic N) is 1. The highest BCUT2D eigenvalue weighted by atomic mass is 16.5. The molecule has 0 aliphatic heterocycles. The molecule has 1 aromatic heterocycles. The Balaban J connectivity index is 2.04. The fourth-order valence-corrected chi connectivity index (χ4v) is 1.91. The third-order valence-corrected chi connectivity index (χ3v) is 3.30. The van der Waals surface area contributed by atoms with Crippen molar-refractivity contribution in [1.29, 1.82) is 0 Å². The lowest BCUT2D eigenvalue weighted by Gasteiger charge is -2.17. The van der Waals surface area contributed by atoms with Gasteiger partial charge in [-0.1, -0.05) is 18.1 Å². The Kier molecular flexibility index (Phi) is 4.62. The van der Waals surface area contributed by atoms with Gasteiger partial charge in [0.15, 0.2) is 11.9 Å². The van der Waals surface area contributed by atoms with Crippen molar-refractivity contribution in [1.82, 2.24) is 5.16 Å². The summed E-state index contributed by atoms with van der Waals surface area (Å²) in [5.41, 5.74) is 2.33. The van der Waals surface area contributed by atoms with Crippen LogP contribution in [0.3, 0.4) is 0 Å². The van der Waals surface area contributed by atoms with Crippen LogP contribution in [0.1, 0.15) is 30.2 Å². The maximum atomic E-state index is 12.2. The first-order chi connectivity index (χ1) is 9.99. The monoisotopic (exact) mass is 288 g/mol. The zero-order chi connectivity index (χ0) is 15.4. The zero-order valence-corrected chi connectivity index (χ0v) is 12.8. The minimum Gasteiger partial charge on any atom is -0.481 e. The predicted octanol–water partition coefficient (Wildman–Crippen LogP) is 3.40. The van der Waals surface area contributed by atoms with Crippen molar-refractivity contribution in [3.05, 3.63) is 41.2 Å². The lowest BCUT2D eigenvalue weighted by atomic mass is 10.1. The van der Waals surface area contributed by atoms with Gasteiger partial charge in [-0.05, 0) is 50.5 Å². The third kappa shape index (κ3) is 3.84. The lowest BCUT2D eigenvalue weighted by molar-refractivity contribution is -0.122. The number of anilines is 1. The molecular formula is C16H20N2O3. The molecule has 1 N–H and O–H groups in total. The van der Waals surface area contributed by atoms with Crippen LogP contribution in [0.25, 0.3) is 0 Å². The van der Waals surface area contributed by atoms with Gasteiger partial charge < -0.3 is 14.6 Å². The molecule has 0 radical (unpaired) electrons. The van der Waals surface area contributed by atoms with Gasteiger partial charge in [0.1, 0.15) is 11.5 Å². The van der Waals surface area contributed by atoms with Crippen LogP contribution in [-0.2, 0) is 4.79 Å². The van der Waals surface area contributed by atoms with Crippen LogP contribution in [-0.4, -0.2) is 17.2 Å². The van der Waals surface area contributed by atoms with Crippen molar-refractivity contribution in [2.75, 3.05) is 5.32 Å². The first-order valence-corrected chi connectivity index (χ1v) is 6.97. The topological polar surface area (TPSA) is 64.4 Å². The largest absolute Gasteiger partial charge is 0.481 e. The summed E-state index contributed by atoms with van der Waals surface area (Å²) in [6.45, 7) is 7.72. The molecule has 1 heterocycles. The normalized spacial score (nSPS) is 12.0. The molecule has 0 unspecified atom stereocenters. The number of hydrogen-bond donors (Lipinski definition) is 1. The molecule has 5 heteroatoms. The van der Waals surface area contributed by atoms with Gasteiger partial charge in [0.2, 0.25) is 0 Å². The molecule has 0 aliphatic carbocycles. The molecule has 0 fully saturated rings. The van der Waals surface area contributed by atoms with E-state index in [-0.39, 0.29) is 5.91 Å². The number of ether oxygens (including phenoxy) is 1. The van der Waals surface area contributed by atoms with E-state index in [9.17, 15) is 4.79 Å². The first kappa shape index (κ1) is 15.1. The number of nitrogens with one attached hydrogen (secondary N) is 1. The van der Waals surface area contributed by atoms with Crippen LogP contribution in [0, 0.1) is 20.8 Å². The molecule has 1 amide bonds. The number of aromatic nitrogens is 1. The molecule has 1 aromatic carbocycles. The average Bonchev–Trinajstić information content (AvgIpc) is 2.85. The van der Waals surface area contributed by atoms with Crippen molar-refractivity contribution < 1.29 is 14.1 Å². The first-order valence-electron chi connectivity index (χ1n) is 6.97. The molecule has 112 valence electrons. The Morgan fingerprint density at radius 2 is 2.05 bits per heavy atom. The minimum atomic E-state index is -0.566. The number of hydrogen-bond acceptors (Lipinski definition) is 4. The Morgan fingerprint density at radius 3 is 2.62 bits per heavy atom. The molecule has 2 aromatic rings. The Hall–Kier alpha value is -2.30. The summed E-state index contributed by atoms with van der Waals surface area (Å²) in [6.07, 6.45) is -0.000566.